The van der Waals surface area contributed by atoms with Crippen molar-refractivity contribution in [1.29, 1.82) is 0 Å². The summed E-state index contributed by atoms with van der Waals surface area (Å²) >= 11 is 0. The van der Waals surface area contributed by atoms with E-state index in [1.54, 1.807) is 6.92 Å². The molecule has 0 aromatic heterocycles. The van der Waals surface area contributed by atoms with E-state index in [-0.39, 0.29) is 12.2 Å². The Kier molecular flexibility index (Phi) is 6.07. The average molecular weight is 206 g/mol. The van der Waals surface area contributed by atoms with Crippen molar-refractivity contribution in [2.45, 2.75) is 20.1 Å². The zero-order valence-electron chi connectivity index (χ0n) is 8.80. The van der Waals surface area contributed by atoms with Crippen molar-refractivity contribution >= 4 is 5.97 Å². The third kappa shape index (κ3) is 3.43. The quantitative estimate of drug-likeness (QED) is 0.387. The van der Waals surface area contributed by atoms with Gasteiger partial charge in [0.2, 0.25) is 5.83 Å². The summed E-state index contributed by atoms with van der Waals surface area (Å²) in [6, 6.07) is 0. The minimum Gasteiger partial charge on any atom is -0.461 e. The lowest BCUT2D eigenvalue weighted by molar-refractivity contribution is -0.141. The van der Waals surface area contributed by atoms with Crippen molar-refractivity contribution in [3.8, 4) is 0 Å². The molecule has 0 saturated heterocycles. The van der Waals surface area contributed by atoms with E-state index in [1.165, 1.54) is 21.1 Å². The van der Waals surface area contributed by atoms with Crippen LogP contribution in [0.5, 0.6) is 0 Å². The highest BCUT2D eigenvalue weighted by Gasteiger charge is 2.19. The third-order valence-electron chi connectivity index (χ3n) is 1.58. The number of esters is 1. The van der Waals surface area contributed by atoms with E-state index < -0.39 is 18.1 Å². The molecule has 82 valence electrons. The van der Waals surface area contributed by atoms with Crippen LogP contribution in [0.15, 0.2) is 11.4 Å². The van der Waals surface area contributed by atoms with Crippen LogP contribution in [0.2, 0.25) is 0 Å². The fraction of sp³-hybridized carbons (Fsp3) is 0.667. The second kappa shape index (κ2) is 6.50. The van der Waals surface area contributed by atoms with E-state index in [9.17, 15) is 9.18 Å². The molecule has 4 nitrogen and oxygen atoms in total. The largest absolute Gasteiger partial charge is 0.461 e. The van der Waals surface area contributed by atoms with Gasteiger partial charge in [-0.25, -0.2) is 4.79 Å². The molecule has 0 heterocycles. The molecule has 14 heavy (non-hydrogen) atoms. The zero-order valence-corrected chi connectivity index (χ0v) is 8.80. The van der Waals surface area contributed by atoms with Gasteiger partial charge in [0.25, 0.3) is 0 Å². The molecular weight excluding hydrogens is 191 g/mol. The molecule has 0 amide bonds. The molecule has 0 N–H and O–H groups in total. The predicted molar refractivity (Wildman–Crippen MR) is 48.2 cm³/mol. The van der Waals surface area contributed by atoms with Gasteiger partial charge in [0.15, 0.2) is 6.29 Å². The predicted octanol–water partition coefficient (Wildman–Crippen LogP) is 1.41. The fourth-order valence-corrected chi connectivity index (χ4v) is 0.909. The Bertz CT molecular complexity index is 221. The van der Waals surface area contributed by atoms with Gasteiger partial charge in [-0.15, -0.1) is 0 Å². The van der Waals surface area contributed by atoms with Crippen LogP contribution < -0.4 is 0 Å². The van der Waals surface area contributed by atoms with Gasteiger partial charge in [0.1, 0.15) is 0 Å². The van der Waals surface area contributed by atoms with E-state index in [4.69, 9.17) is 9.47 Å². The van der Waals surface area contributed by atoms with Gasteiger partial charge >= 0.3 is 5.97 Å². The van der Waals surface area contributed by atoms with E-state index in [1.807, 2.05) is 0 Å². The summed E-state index contributed by atoms with van der Waals surface area (Å²) in [4.78, 5) is 11.0. The molecule has 0 aliphatic heterocycles. The van der Waals surface area contributed by atoms with Gasteiger partial charge < -0.3 is 14.2 Å². The van der Waals surface area contributed by atoms with Crippen LogP contribution >= 0.6 is 0 Å². The molecule has 0 aromatic carbocycles. The summed E-state index contributed by atoms with van der Waals surface area (Å²) in [6.45, 7) is 3.14. The fourth-order valence-electron chi connectivity index (χ4n) is 0.909. The Labute approximate surface area is 82.6 Å². The SMILES string of the molecule is CCOC(=O)C(F)=C(C)C(OC)OC. The van der Waals surface area contributed by atoms with Crippen LogP contribution in [0.3, 0.4) is 0 Å². The Hall–Kier alpha value is -0.940. The molecule has 0 fully saturated rings. The molecule has 0 spiro atoms. The van der Waals surface area contributed by atoms with Crippen LogP contribution in [0, 0.1) is 0 Å². The highest BCUT2D eigenvalue weighted by Crippen LogP contribution is 2.14. The van der Waals surface area contributed by atoms with Crippen LogP contribution in [0.1, 0.15) is 13.8 Å². The molecule has 0 saturated carbocycles. The first kappa shape index (κ1) is 13.1. The molecule has 0 bridgehead atoms. The van der Waals surface area contributed by atoms with Gasteiger partial charge in [0.05, 0.1) is 6.61 Å². The van der Waals surface area contributed by atoms with Crippen LogP contribution in [0.4, 0.5) is 4.39 Å². The Balaban J connectivity index is 4.63. The second-order valence-electron chi connectivity index (χ2n) is 2.52. The maximum atomic E-state index is 13.2. The first-order valence-corrected chi connectivity index (χ1v) is 4.17. The van der Waals surface area contributed by atoms with Crippen LogP contribution in [-0.2, 0) is 19.0 Å². The number of carbonyl (C=O) groups is 1. The van der Waals surface area contributed by atoms with Gasteiger partial charge in [0, 0.05) is 19.8 Å². The van der Waals surface area contributed by atoms with Gasteiger partial charge in [-0.3, -0.25) is 0 Å². The summed E-state index contributed by atoms with van der Waals surface area (Å²) in [5.41, 5.74) is 0.0634. The number of rotatable bonds is 5. The standard InChI is InChI=1S/C9H15FO4/c1-5-14-8(11)7(10)6(2)9(12-3)13-4/h9H,5H2,1-4H3. The number of hydrogen-bond acceptors (Lipinski definition) is 4. The first-order valence-electron chi connectivity index (χ1n) is 4.17. The summed E-state index contributed by atoms with van der Waals surface area (Å²) in [5.74, 6) is -1.97. The molecule has 0 aromatic rings. The van der Waals surface area contributed by atoms with Crippen molar-refractivity contribution in [1.82, 2.24) is 0 Å². The lowest BCUT2D eigenvalue weighted by atomic mass is 10.2. The van der Waals surface area contributed by atoms with E-state index >= 15 is 0 Å². The van der Waals surface area contributed by atoms with Crippen LogP contribution in [-0.4, -0.2) is 33.1 Å². The van der Waals surface area contributed by atoms with E-state index in [2.05, 4.69) is 4.74 Å². The lowest BCUT2D eigenvalue weighted by Gasteiger charge is -2.14. The molecule has 0 aliphatic rings. The minimum absolute atomic E-state index is 0.0634. The van der Waals surface area contributed by atoms with Gasteiger partial charge in [-0.2, -0.15) is 4.39 Å². The van der Waals surface area contributed by atoms with E-state index in [0.717, 1.165) is 0 Å². The van der Waals surface area contributed by atoms with Crippen molar-refractivity contribution < 1.29 is 23.4 Å². The molecule has 0 atom stereocenters. The Morgan fingerprint density at radius 2 is 1.86 bits per heavy atom. The topological polar surface area (TPSA) is 44.8 Å². The third-order valence-corrected chi connectivity index (χ3v) is 1.58. The summed E-state index contributed by atoms with van der Waals surface area (Å²) in [7, 11) is 2.71. The number of carbonyl (C=O) groups excluding carboxylic acids is 1. The molecule has 0 rings (SSSR count). The zero-order chi connectivity index (χ0) is 11.1. The van der Waals surface area contributed by atoms with Crippen molar-refractivity contribution in [3.63, 3.8) is 0 Å². The maximum absolute atomic E-state index is 13.2. The number of ether oxygens (including phenoxy) is 3. The highest BCUT2D eigenvalue weighted by molar-refractivity contribution is 5.86. The average Bonchev–Trinajstić information content (AvgIpc) is 2.18. The minimum atomic E-state index is -0.996. The van der Waals surface area contributed by atoms with E-state index in [0.29, 0.717) is 0 Å². The number of methoxy groups -OCH3 is 2. The smallest absolute Gasteiger partial charge is 0.367 e. The van der Waals surface area contributed by atoms with Gasteiger partial charge in [-0.1, -0.05) is 0 Å². The highest BCUT2D eigenvalue weighted by atomic mass is 19.1. The Morgan fingerprint density at radius 3 is 2.21 bits per heavy atom. The Morgan fingerprint density at radius 1 is 1.36 bits per heavy atom. The van der Waals surface area contributed by atoms with Crippen molar-refractivity contribution in [3.05, 3.63) is 11.4 Å². The van der Waals surface area contributed by atoms with Crippen molar-refractivity contribution in [2.24, 2.45) is 0 Å². The molecule has 0 radical (unpaired) electrons. The summed E-state index contributed by atoms with van der Waals surface area (Å²) in [6.07, 6.45) is -0.862. The summed E-state index contributed by atoms with van der Waals surface area (Å²) < 4.78 is 27.3. The molecular formula is C9H15FO4. The molecule has 0 aliphatic carbocycles. The lowest BCUT2D eigenvalue weighted by Crippen LogP contribution is -2.18. The monoisotopic (exact) mass is 206 g/mol. The first-order chi connectivity index (χ1) is 6.58. The maximum Gasteiger partial charge on any atom is 0.367 e. The number of hydrogen-bond donors (Lipinski definition) is 0. The summed E-state index contributed by atoms with van der Waals surface area (Å²) in [5, 5.41) is 0. The van der Waals surface area contributed by atoms with Crippen LogP contribution in [0.25, 0.3) is 0 Å². The number of halogens is 1. The van der Waals surface area contributed by atoms with Gasteiger partial charge in [-0.05, 0) is 13.8 Å². The second-order valence-corrected chi connectivity index (χ2v) is 2.52. The molecule has 0 unspecified atom stereocenters. The molecule has 5 heteroatoms. The normalized spacial score (nSPS) is 12.7. The van der Waals surface area contributed by atoms with Crippen molar-refractivity contribution in [2.75, 3.05) is 20.8 Å².